The molecule has 19 heavy (non-hydrogen) atoms. The van der Waals surface area contributed by atoms with Crippen molar-refractivity contribution in [2.45, 2.75) is 26.7 Å². The molecule has 2 aromatic carbocycles. The molecule has 0 aliphatic rings. The first-order valence-corrected chi connectivity index (χ1v) is 6.36. The minimum atomic E-state index is -0.305. The van der Waals surface area contributed by atoms with Crippen LogP contribution >= 0.6 is 0 Å². The van der Waals surface area contributed by atoms with E-state index in [4.69, 9.17) is 0 Å². The lowest BCUT2D eigenvalue weighted by molar-refractivity contribution is 0.101. The van der Waals surface area contributed by atoms with Crippen molar-refractivity contribution in [3.05, 3.63) is 70.5 Å². The molecule has 0 aromatic heterocycles. The van der Waals surface area contributed by atoms with Crippen molar-refractivity contribution < 1.29 is 9.18 Å². The number of carbonyl (C=O) groups is 1. The second-order valence-electron chi connectivity index (χ2n) is 4.87. The maximum absolute atomic E-state index is 13.5. The van der Waals surface area contributed by atoms with Crippen molar-refractivity contribution in [1.29, 1.82) is 0 Å². The van der Waals surface area contributed by atoms with Crippen LogP contribution in [0.15, 0.2) is 42.5 Å². The number of aryl methyl sites for hydroxylation is 1. The SMILES string of the molecule is CC(=O)c1ccc(F)cc1C(C)c1ccccc1C. The molecule has 0 radical (unpaired) electrons. The average molecular weight is 256 g/mol. The van der Waals surface area contributed by atoms with E-state index in [1.54, 1.807) is 6.07 Å². The zero-order valence-electron chi connectivity index (χ0n) is 11.4. The molecule has 2 aromatic rings. The number of carbonyl (C=O) groups excluding carboxylic acids is 1. The van der Waals surface area contributed by atoms with Crippen LogP contribution in [-0.2, 0) is 0 Å². The van der Waals surface area contributed by atoms with Crippen molar-refractivity contribution in [1.82, 2.24) is 0 Å². The minimum Gasteiger partial charge on any atom is -0.295 e. The second-order valence-corrected chi connectivity index (χ2v) is 4.87. The van der Waals surface area contributed by atoms with E-state index in [9.17, 15) is 9.18 Å². The van der Waals surface area contributed by atoms with Gasteiger partial charge in [0.05, 0.1) is 0 Å². The van der Waals surface area contributed by atoms with Crippen LogP contribution in [-0.4, -0.2) is 5.78 Å². The molecule has 1 nitrogen and oxygen atoms in total. The van der Waals surface area contributed by atoms with Crippen LogP contribution in [0.1, 0.15) is 46.8 Å². The summed E-state index contributed by atoms with van der Waals surface area (Å²) in [7, 11) is 0. The smallest absolute Gasteiger partial charge is 0.160 e. The molecule has 0 fully saturated rings. The first-order valence-electron chi connectivity index (χ1n) is 6.36. The van der Waals surface area contributed by atoms with Gasteiger partial charge in [-0.15, -0.1) is 0 Å². The molecular formula is C17H17FO. The van der Waals surface area contributed by atoms with Gasteiger partial charge < -0.3 is 0 Å². The number of hydrogen-bond donors (Lipinski definition) is 0. The largest absolute Gasteiger partial charge is 0.295 e. The number of hydrogen-bond acceptors (Lipinski definition) is 1. The quantitative estimate of drug-likeness (QED) is 0.739. The van der Waals surface area contributed by atoms with Crippen molar-refractivity contribution in [2.24, 2.45) is 0 Å². The molecule has 0 saturated carbocycles. The summed E-state index contributed by atoms with van der Waals surface area (Å²) in [6.45, 7) is 5.55. The van der Waals surface area contributed by atoms with Crippen LogP contribution < -0.4 is 0 Å². The monoisotopic (exact) mass is 256 g/mol. The third kappa shape index (κ3) is 2.73. The van der Waals surface area contributed by atoms with Crippen LogP contribution in [0.25, 0.3) is 0 Å². The molecule has 0 bridgehead atoms. The van der Waals surface area contributed by atoms with Gasteiger partial charge in [0.25, 0.3) is 0 Å². The van der Waals surface area contributed by atoms with E-state index in [2.05, 4.69) is 0 Å². The average Bonchev–Trinajstić information content (AvgIpc) is 2.38. The molecule has 1 unspecified atom stereocenters. The highest BCUT2D eigenvalue weighted by molar-refractivity contribution is 5.95. The van der Waals surface area contributed by atoms with Crippen molar-refractivity contribution in [3.63, 3.8) is 0 Å². The maximum atomic E-state index is 13.5. The summed E-state index contributed by atoms with van der Waals surface area (Å²) in [5.74, 6) is -0.341. The Balaban J connectivity index is 2.55. The summed E-state index contributed by atoms with van der Waals surface area (Å²) < 4.78 is 13.5. The fourth-order valence-electron chi connectivity index (χ4n) is 2.45. The molecule has 1 atom stereocenters. The van der Waals surface area contributed by atoms with Crippen LogP contribution in [0, 0.1) is 12.7 Å². The molecule has 98 valence electrons. The van der Waals surface area contributed by atoms with Gasteiger partial charge in [-0.25, -0.2) is 4.39 Å². The number of ketones is 1. The number of Topliss-reactive ketones (excluding diaryl/α,β-unsaturated/α-hetero) is 1. The van der Waals surface area contributed by atoms with Gasteiger partial charge in [-0.3, -0.25) is 4.79 Å². The summed E-state index contributed by atoms with van der Waals surface area (Å²) in [5.41, 5.74) is 3.61. The Kier molecular flexibility index (Phi) is 3.79. The zero-order chi connectivity index (χ0) is 14.0. The van der Waals surface area contributed by atoms with E-state index in [1.165, 1.54) is 19.1 Å². The van der Waals surface area contributed by atoms with Crippen LogP contribution in [0.5, 0.6) is 0 Å². The Bertz CT molecular complexity index is 616. The summed E-state index contributed by atoms with van der Waals surface area (Å²) in [6, 6.07) is 12.4. The first-order chi connectivity index (χ1) is 9.00. The van der Waals surface area contributed by atoms with Crippen molar-refractivity contribution >= 4 is 5.78 Å². The molecule has 2 rings (SSSR count). The van der Waals surface area contributed by atoms with E-state index in [0.29, 0.717) is 5.56 Å². The van der Waals surface area contributed by atoms with Gasteiger partial charge in [-0.1, -0.05) is 31.2 Å². The Hall–Kier alpha value is -1.96. The summed E-state index contributed by atoms with van der Waals surface area (Å²) >= 11 is 0. The fraction of sp³-hybridized carbons (Fsp3) is 0.235. The molecule has 0 aliphatic heterocycles. The topological polar surface area (TPSA) is 17.1 Å². The van der Waals surface area contributed by atoms with E-state index < -0.39 is 0 Å². The van der Waals surface area contributed by atoms with E-state index in [-0.39, 0.29) is 17.5 Å². The van der Waals surface area contributed by atoms with Crippen molar-refractivity contribution in [3.8, 4) is 0 Å². The Labute approximate surface area is 113 Å². The van der Waals surface area contributed by atoms with Gasteiger partial charge >= 0.3 is 0 Å². The first kappa shape index (κ1) is 13.5. The minimum absolute atomic E-state index is 0.00389. The molecule has 0 saturated heterocycles. The third-order valence-corrected chi connectivity index (χ3v) is 3.51. The maximum Gasteiger partial charge on any atom is 0.160 e. The predicted octanol–water partition coefficient (Wildman–Crippen LogP) is 4.49. The number of benzene rings is 2. The van der Waals surface area contributed by atoms with Gasteiger partial charge in [0.15, 0.2) is 5.78 Å². The molecule has 2 heteroatoms. The summed E-state index contributed by atoms with van der Waals surface area (Å²) in [5, 5.41) is 0. The van der Waals surface area contributed by atoms with Gasteiger partial charge in [0, 0.05) is 11.5 Å². The lowest BCUT2D eigenvalue weighted by Gasteiger charge is -2.18. The van der Waals surface area contributed by atoms with Gasteiger partial charge in [-0.05, 0) is 48.7 Å². The van der Waals surface area contributed by atoms with Gasteiger partial charge in [0.2, 0.25) is 0 Å². The fourth-order valence-corrected chi connectivity index (χ4v) is 2.45. The molecule has 0 amide bonds. The standard InChI is InChI=1S/C17H17FO/c1-11-6-4-5-7-15(11)12(2)17-10-14(18)8-9-16(17)13(3)19/h4-10,12H,1-3H3. The molecule has 0 N–H and O–H groups in total. The lowest BCUT2D eigenvalue weighted by atomic mass is 9.86. The predicted molar refractivity (Wildman–Crippen MR) is 75.1 cm³/mol. The van der Waals surface area contributed by atoms with E-state index >= 15 is 0 Å². The summed E-state index contributed by atoms with van der Waals surface area (Å²) in [6.07, 6.45) is 0. The zero-order valence-corrected chi connectivity index (χ0v) is 11.4. The highest BCUT2D eigenvalue weighted by Gasteiger charge is 2.17. The summed E-state index contributed by atoms with van der Waals surface area (Å²) in [4.78, 5) is 11.7. The van der Waals surface area contributed by atoms with Crippen LogP contribution in [0.2, 0.25) is 0 Å². The molecular weight excluding hydrogens is 239 g/mol. The normalized spacial score (nSPS) is 12.2. The van der Waals surface area contributed by atoms with Crippen LogP contribution in [0.3, 0.4) is 0 Å². The van der Waals surface area contributed by atoms with E-state index in [1.807, 2.05) is 38.1 Å². The highest BCUT2D eigenvalue weighted by Crippen LogP contribution is 2.29. The highest BCUT2D eigenvalue weighted by atomic mass is 19.1. The van der Waals surface area contributed by atoms with Gasteiger partial charge in [0.1, 0.15) is 5.82 Å². The molecule has 0 spiro atoms. The second kappa shape index (κ2) is 5.35. The Morgan fingerprint density at radius 1 is 1.11 bits per heavy atom. The Morgan fingerprint density at radius 2 is 1.79 bits per heavy atom. The van der Waals surface area contributed by atoms with E-state index in [0.717, 1.165) is 16.7 Å². The van der Waals surface area contributed by atoms with Crippen molar-refractivity contribution in [2.75, 3.05) is 0 Å². The Morgan fingerprint density at radius 3 is 2.42 bits per heavy atom. The lowest BCUT2D eigenvalue weighted by Crippen LogP contribution is -2.06. The molecule has 0 aliphatic carbocycles. The number of rotatable bonds is 3. The number of halogens is 1. The van der Waals surface area contributed by atoms with Gasteiger partial charge in [-0.2, -0.15) is 0 Å². The molecule has 0 heterocycles. The van der Waals surface area contributed by atoms with Crippen LogP contribution in [0.4, 0.5) is 4.39 Å². The third-order valence-electron chi connectivity index (χ3n) is 3.51.